The molecule has 22 heavy (non-hydrogen) atoms. The van der Waals surface area contributed by atoms with Crippen LogP contribution in [0.5, 0.6) is 0 Å². The molecule has 3 rings (SSSR count). The highest BCUT2D eigenvalue weighted by Crippen LogP contribution is 2.62. The van der Waals surface area contributed by atoms with Crippen LogP contribution in [0.1, 0.15) is 53.9 Å². The maximum Gasteiger partial charge on any atom is 0.0193 e. The zero-order valence-electron chi connectivity index (χ0n) is 15.5. The van der Waals surface area contributed by atoms with Crippen molar-refractivity contribution in [1.82, 2.24) is 15.1 Å². The molecular formula is C19H37N3. The van der Waals surface area contributed by atoms with Gasteiger partial charge in [0, 0.05) is 44.8 Å². The second-order valence-electron chi connectivity index (χ2n) is 9.08. The lowest BCUT2D eigenvalue weighted by Crippen LogP contribution is -2.56. The van der Waals surface area contributed by atoms with E-state index in [-0.39, 0.29) is 0 Å². The Labute approximate surface area is 137 Å². The molecule has 1 aliphatic heterocycles. The fourth-order valence-corrected chi connectivity index (χ4v) is 5.75. The Bertz CT molecular complexity index is 381. The van der Waals surface area contributed by atoms with Crippen LogP contribution in [-0.2, 0) is 0 Å². The Morgan fingerprint density at radius 2 is 1.82 bits per heavy atom. The van der Waals surface area contributed by atoms with Crippen molar-refractivity contribution in [3.8, 4) is 0 Å². The summed E-state index contributed by atoms with van der Waals surface area (Å²) in [4.78, 5) is 5.25. The summed E-state index contributed by atoms with van der Waals surface area (Å²) in [5.74, 6) is 0.943. The normalized spacial score (nSPS) is 40.2. The molecule has 0 aromatic rings. The molecule has 3 heteroatoms. The van der Waals surface area contributed by atoms with E-state index in [2.05, 4.69) is 49.7 Å². The summed E-state index contributed by atoms with van der Waals surface area (Å²) in [6.45, 7) is 19.6. The van der Waals surface area contributed by atoms with Gasteiger partial charge in [0.2, 0.25) is 0 Å². The van der Waals surface area contributed by atoms with Gasteiger partial charge in [-0.05, 0) is 49.5 Å². The number of rotatable bonds is 5. The Kier molecular flexibility index (Phi) is 4.61. The van der Waals surface area contributed by atoms with Crippen molar-refractivity contribution >= 4 is 0 Å². The van der Waals surface area contributed by atoms with E-state index in [0.717, 1.165) is 12.5 Å². The molecule has 3 aliphatic rings. The van der Waals surface area contributed by atoms with Gasteiger partial charge in [-0.2, -0.15) is 0 Å². The van der Waals surface area contributed by atoms with Crippen molar-refractivity contribution in [3.05, 3.63) is 0 Å². The molecule has 2 saturated carbocycles. The minimum atomic E-state index is 0.480. The van der Waals surface area contributed by atoms with Gasteiger partial charge in [0.1, 0.15) is 0 Å². The maximum absolute atomic E-state index is 4.01. The third-order valence-electron chi connectivity index (χ3n) is 7.36. The molecule has 1 heterocycles. The van der Waals surface area contributed by atoms with E-state index in [1.54, 1.807) is 0 Å². The van der Waals surface area contributed by atoms with Crippen molar-refractivity contribution in [2.45, 2.75) is 66.0 Å². The highest BCUT2D eigenvalue weighted by molar-refractivity contribution is 5.12. The Morgan fingerprint density at radius 1 is 1.14 bits per heavy atom. The van der Waals surface area contributed by atoms with Crippen molar-refractivity contribution in [3.63, 3.8) is 0 Å². The summed E-state index contributed by atoms with van der Waals surface area (Å²) >= 11 is 0. The first-order valence-corrected chi connectivity index (χ1v) is 9.56. The molecule has 2 aliphatic carbocycles. The van der Waals surface area contributed by atoms with Crippen LogP contribution in [0.25, 0.3) is 0 Å². The van der Waals surface area contributed by atoms with Gasteiger partial charge in [-0.1, -0.05) is 27.7 Å². The van der Waals surface area contributed by atoms with Crippen LogP contribution in [0, 0.1) is 16.7 Å². The lowest BCUT2D eigenvalue weighted by Gasteiger charge is -2.45. The van der Waals surface area contributed by atoms with E-state index in [4.69, 9.17) is 0 Å². The molecule has 2 bridgehead atoms. The SMILES string of the molecule is CCN1CCN(C(C)CNC2C3(C)CCC(C3)C2(C)C)CC1. The van der Waals surface area contributed by atoms with Crippen LogP contribution in [0.3, 0.4) is 0 Å². The minimum Gasteiger partial charge on any atom is -0.311 e. The van der Waals surface area contributed by atoms with E-state index in [1.807, 2.05) is 0 Å². The molecule has 1 N–H and O–H groups in total. The lowest BCUT2D eigenvalue weighted by molar-refractivity contribution is 0.0793. The Balaban J connectivity index is 1.52. The molecule has 1 saturated heterocycles. The zero-order valence-corrected chi connectivity index (χ0v) is 15.5. The summed E-state index contributed by atoms with van der Waals surface area (Å²) in [5, 5.41) is 4.01. The molecule has 128 valence electrons. The van der Waals surface area contributed by atoms with Crippen LogP contribution >= 0.6 is 0 Å². The average Bonchev–Trinajstić information content (AvgIpc) is 2.98. The molecule has 4 atom stereocenters. The molecule has 0 spiro atoms. The number of hydrogen-bond donors (Lipinski definition) is 1. The molecule has 0 radical (unpaired) electrons. The first-order chi connectivity index (χ1) is 10.4. The second-order valence-corrected chi connectivity index (χ2v) is 9.08. The smallest absolute Gasteiger partial charge is 0.0193 e. The van der Waals surface area contributed by atoms with Gasteiger partial charge in [0.05, 0.1) is 0 Å². The summed E-state index contributed by atoms with van der Waals surface area (Å²) < 4.78 is 0. The molecule has 0 aromatic carbocycles. The predicted octanol–water partition coefficient (Wildman–Crippen LogP) is 2.82. The minimum absolute atomic E-state index is 0.480. The number of nitrogens with zero attached hydrogens (tertiary/aromatic N) is 2. The number of hydrogen-bond acceptors (Lipinski definition) is 3. The number of piperazine rings is 1. The van der Waals surface area contributed by atoms with Crippen LogP contribution in [0.15, 0.2) is 0 Å². The van der Waals surface area contributed by atoms with E-state index in [9.17, 15) is 0 Å². The summed E-state index contributed by atoms with van der Waals surface area (Å²) in [6.07, 6.45) is 4.33. The van der Waals surface area contributed by atoms with Crippen molar-refractivity contribution in [2.75, 3.05) is 39.3 Å². The summed E-state index contributed by atoms with van der Waals surface area (Å²) in [7, 11) is 0. The number of nitrogens with one attached hydrogen (secondary N) is 1. The van der Waals surface area contributed by atoms with Crippen LogP contribution in [-0.4, -0.2) is 61.2 Å². The third kappa shape index (κ3) is 2.85. The zero-order chi connectivity index (χ0) is 16.0. The standard InChI is InChI=1S/C19H37N3/c1-6-21-9-11-22(12-10-21)15(2)14-20-17-18(3,4)16-7-8-19(17,5)13-16/h15-17,20H,6-14H2,1-5H3. The van der Waals surface area contributed by atoms with E-state index < -0.39 is 0 Å². The van der Waals surface area contributed by atoms with Gasteiger partial charge in [-0.3, -0.25) is 4.90 Å². The van der Waals surface area contributed by atoms with Gasteiger partial charge in [-0.25, -0.2) is 0 Å². The van der Waals surface area contributed by atoms with Gasteiger partial charge >= 0.3 is 0 Å². The van der Waals surface area contributed by atoms with Crippen molar-refractivity contribution < 1.29 is 0 Å². The summed E-state index contributed by atoms with van der Waals surface area (Å²) in [6, 6.07) is 1.37. The van der Waals surface area contributed by atoms with Gasteiger partial charge in [-0.15, -0.1) is 0 Å². The number of fused-ring (bicyclic) bond motifs is 2. The third-order valence-corrected chi connectivity index (χ3v) is 7.36. The summed E-state index contributed by atoms with van der Waals surface area (Å²) in [5.41, 5.74) is 1.03. The van der Waals surface area contributed by atoms with Gasteiger partial charge < -0.3 is 10.2 Å². The van der Waals surface area contributed by atoms with Crippen LogP contribution in [0.2, 0.25) is 0 Å². The molecule has 4 unspecified atom stereocenters. The monoisotopic (exact) mass is 307 g/mol. The highest BCUT2D eigenvalue weighted by Gasteiger charge is 2.58. The van der Waals surface area contributed by atoms with Crippen molar-refractivity contribution in [2.24, 2.45) is 16.7 Å². The molecule has 3 nitrogen and oxygen atoms in total. The molecule has 0 aromatic heterocycles. The highest BCUT2D eigenvalue weighted by atomic mass is 15.3. The van der Waals surface area contributed by atoms with Crippen LogP contribution in [0.4, 0.5) is 0 Å². The first kappa shape index (κ1) is 16.7. The lowest BCUT2D eigenvalue weighted by atomic mass is 9.68. The van der Waals surface area contributed by atoms with Gasteiger partial charge in [0.25, 0.3) is 0 Å². The molecule has 3 fully saturated rings. The Hall–Kier alpha value is -0.120. The van der Waals surface area contributed by atoms with E-state index >= 15 is 0 Å². The largest absolute Gasteiger partial charge is 0.311 e. The van der Waals surface area contributed by atoms with Crippen LogP contribution < -0.4 is 5.32 Å². The maximum atomic E-state index is 4.01. The topological polar surface area (TPSA) is 18.5 Å². The quantitative estimate of drug-likeness (QED) is 0.842. The number of likely N-dealkylation sites (N-methyl/N-ethyl adjacent to an activating group) is 1. The van der Waals surface area contributed by atoms with E-state index in [1.165, 1.54) is 52.0 Å². The van der Waals surface area contributed by atoms with Crippen molar-refractivity contribution in [1.29, 1.82) is 0 Å². The predicted molar refractivity (Wildman–Crippen MR) is 94.2 cm³/mol. The molecular weight excluding hydrogens is 270 g/mol. The fraction of sp³-hybridized carbons (Fsp3) is 1.00. The fourth-order valence-electron chi connectivity index (χ4n) is 5.75. The van der Waals surface area contributed by atoms with E-state index in [0.29, 0.717) is 22.9 Å². The Morgan fingerprint density at radius 3 is 2.36 bits per heavy atom. The molecule has 0 amide bonds. The first-order valence-electron chi connectivity index (χ1n) is 9.56. The van der Waals surface area contributed by atoms with Gasteiger partial charge in [0.15, 0.2) is 0 Å². The average molecular weight is 308 g/mol. The second kappa shape index (κ2) is 6.07.